The van der Waals surface area contributed by atoms with E-state index < -0.39 is 8.07 Å². The van der Waals surface area contributed by atoms with E-state index >= 15 is 0 Å². The van der Waals surface area contributed by atoms with Gasteiger partial charge in [0.2, 0.25) is 0 Å². The minimum atomic E-state index is -1.74. The zero-order valence-corrected chi connectivity index (χ0v) is 15.6. The standard InChI is InChI=1S/C18H26ClNOSi/c1-4-10-22(11-5-2,12-6-3)16-13-15(19)14-8-7-9-20-17(14)18(16)21/h7-9,13,21H,4-6,10-12H2,1-3H3. The van der Waals surface area contributed by atoms with Crippen molar-refractivity contribution < 1.29 is 5.11 Å². The van der Waals surface area contributed by atoms with Crippen molar-refractivity contribution in [3.63, 3.8) is 0 Å². The van der Waals surface area contributed by atoms with Gasteiger partial charge in [0, 0.05) is 11.6 Å². The van der Waals surface area contributed by atoms with Crippen molar-refractivity contribution in [3.05, 3.63) is 29.4 Å². The molecule has 4 heteroatoms. The van der Waals surface area contributed by atoms with Gasteiger partial charge in [0.25, 0.3) is 0 Å². The molecule has 120 valence electrons. The van der Waals surface area contributed by atoms with Crippen LogP contribution in [-0.4, -0.2) is 18.2 Å². The van der Waals surface area contributed by atoms with Gasteiger partial charge in [0.1, 0.15) is 11.3 Å². The summed E-state index contributed by atoms with van der Waals surface area (Å²) in [7, 11) is -1.74. The number of pyridine rings is 1. The first-order valence-corrected chi connectivity index (χ1v) is 11.4. The lowest BCUT2D eigenvalue weighted by molar-refractivity contribution is 0.484. The summed E-state index contributed by atoms with van der Waals surface area (Å²) in [6.45, 7) is 6.72. The molecular formula is C18H26ClNOSi. The number of aromatic hydroxyl groups is 1. The Balaban J connectivity index is 2.70. The smallest absolute Gasteiger partial charge is 0.141 e. The lowest BCUT2D eigenvalue weighted by Gasteiger charge is -2.33. The van der Waals surface area contributed by atoms with Gasteiger partial charge in [-0.1, -0.05) is 69.8 Å². The highest BCUT2D eigenvalue weighted by atomic mass is 35.5. The van der Waals surface area contributed by atoms with E-state index in [1.54, 1.807) is 6.20 Å². The molecule has 0 spiro atoms. The Hall–Kier alpha value is -1.06. The van der Waals surface area contributed by atoms with E-state index in [0.717, 1.165) is 34.9 Å². The first-order valence-electron chi connectivity index (χ1n) is 8.36. The van der Waals surface area contributed by atoms with Gasteiger partial charge >= 0.3 is 0 Å². The molecule has 0 saturated heterocycles. The summed E-state index contributed by atoms with van der Waals surface area (Å²) in [4.78, 5) is 4.38. The lowest BCUT2D eigenvalue weighted by atomic mass is 10.2. The van der Waals surface area contributed by atoms with E-state index in [1.165, 1.54) is 18.1 Å². The third-order valence-corrected chi connectivity index (χ3v) is 10.8. The van der Waals surface area contributed by atoms with Crippen molar-refractivity contribution in [2.75, 3.05) is 0 Å². The van der Waals surface area contributed by atoms with Gasteiger partial charge in [-0.3, -0.25) is 4.98 Å². The van der Waals surface area contributed by atoms with Crippen molar-refractivity contribution in [2.45, 2.75) is 58.2 Å². The fourth-order valence-corrected chi connectivity index (χ4v) is 9.66. The molecule has 0 fully saturated rings. The highest BCUT2D eigenvalue weighted by molar-refractivity contribution is 6.92. The molecule has 0 amide bonds. The van der Waals surface area contributed by atoms with Crippen LogP contribution in [0, 0.1) is 0 Å². The SMILES string of the molecule is CCC[Si](CCC)(CCC)c1cc(Cl)c2cccnc2c1O. The van der Waals surface area contributed by atoms with Crippen LogP contribution in [0.5, 0.6) is 5.75 Å². The molecule has 0 atom stereocenters. The Morgan fingerprint density at radius 2 is 1.68 bits per heavy atom. The Morgan fingerprint density at radius 1 is 1.09 bits per heavy atom. The molecule has 2 nitrogen and oxygen atoms in total. The summed E-state index contributed by atoms with van der Waals surface area (Å²) in [6.07, 6.45) is 5.20. The monoisotopic (exact) mass is 335 g/mol. The molecule has 2 aromatic rings. The minimum absolute atomic E-state index is 0.377. The van der Waals surface area contributed by atoms with Gasteiger partial charge in [0.15, 0.2) is 0 Å². The molecule has 1 aromatic heterocycles. The number of hydrogen-bond donors (Lipinski definition) is 1. The second kappa shape index (κ2) is 7.47. The summed E-state index contributed by atoms with van der Waals surface area (Å²) < 4.78 is 0. The first-order chi connectivity index (χ1) is 10.6. The molecule has 1 N–H and O–H groups in total. The van der Waals surface area contributed by atoms with Crippen LogP contribution in [0.1, 0.15) is 40.0 Å². The normalized spacial score (nSPS) is 12.0. The third-order valence-electron chi connectivity index (χ3n) is 4.57. The molecule has 0 bridgehead atoms. The molecule has 0 unspecified atom stereocenters. The summed E-state index contributed by atoms with van der Waals surface area (Å²) in [5, 5.41) is 13.6. The van der Waals surface area contributed by atoms with Crippen LogP contribution in [0.15, 0.2) is 24.4 Å². The summed E-state index contributed by atoms with van der Waals surface area (Å²) >= 11 is 6.51. The number of benzene rings is 1. The third kappa shape index (κ3) is 3.16. The average molecular weight is 336 g/mol. The number of aromatic nitrogens is 1. The second-order valence-corrected chi connectivity index (χ2v) is 11.2. The predicted octanol–water partition coefficient (Wildman–Crippen LogP) is 5.48. The highest BCUT2D eigenvalue weighted by Gasteiger charge is 2.35. The topological polar surface area (TPSA) is 33.1 Å². The quantitative estimate of drug-likeness (QED) is 0.679. The van der Waals surface area contributed by atoms with Crippen LogP contribution in [-0.2, 0) is 0 Å². The molecule has 22 heavy (non-hydrogen) atoms. The number of hydrogen-bond acceptors (Lipinski definition) is 2. The Morgan fingerprint density at radius 3 is 2.23 bits per heavy atom. The second-order valence-electron chi connectivity index (χ2n) is 6.18. The maximum Gasteiger partial charge on any atom is 0.141 e. The lowest BCUT2D eigenvalue weighted by Crippen LogP contribution is -2.47. The number of fused-ring (bicyclic) bond motifs is 1. The van der Waals surface area contributed by atoms with Crippen LogP contribution in [0.4, 0.5) is 0 Å². The molecule has 1 aromatic carbocycles. The van der Waals surface area contributed by atoms with Crippen LogP contribution >= 0.6 is 11.6 Å². The number of rotatable bonds is 7. The number of phenolic OH excluding ortho intramolecular Hbond substituents is 1. The Labute approximate surface area is 139 Å². The van der Waals surface area contributed by atoms with E-state index in [1.807, 2.05) is 18.2 Å². The van der Waals surface area contributed by atoms with Gasteiger partial charge in [-0.15, -0.1) is 0 Å². The molecule has 0 aliphatic carbocycles. The van der Waals surface area contributed by atoms with Crippen LogP contribution < -0.4 is 5.19 Å². The zero-order valence-electron chi connectivity index (χ0n) is 13.8. The van der Waals surface area contributed by atoms with Crippen molar-refractivity contribution in [1.82, 2.24) is 4.98 Å². The van der Waals surface area contributed by atoms with E-state index in [9.17, 15) is 5.11 Å². The molecule has 1 heterocycles. The molecule has 0 aliphatic rings. The Kier molecular flexibility index (Phi) is 5.87. The molecule has 0 radical (unpaired) electrons. The molecule has 2 rings (SSSR count). The van der Waals surface area contributed by atoms with Gasteiger partial charge in [-0.05, 0) is 23.4 Å². The Bertz CT molecular complexity index is 627. The summed E-state index contributed by atoms with van der Waals surface area (Å²) in [6, 6.07) is 9.44. The van der Waals surface area contributed by atoms with Crippen LogP contribution in [0.25, 0.3) is 10.9 Å². The number of halogens is 1. The van der Waals surface area contributed by atoms with Crippen molar-refractivity contribution in [3.8, 4) is 5.75 Å². The zero-order chi connectivity index (χ0) is 16.2. The van der Waals surface area contributed by atoms with Crippen molar-refractivity contribution >= 4 is 35.8 Å². The van der Waals surface area contributed by atoms with Crippen LogP contribution in [0.2, 0.25) is 23.2 Å². The molecule has 0 saturated carbocycles. The van der Waals surface area contributed by atoms with Gasteiger partial charge < -0.3 is 5.11 Å². The van der Waals surface area contributed by atoms with E-state index in [2.05, 4.69) is 25.8 Å². The van der Waals surface area contributed by atoms with Gasteiger partial charge in [0.05, 0.1) is 13.1 Å². The molecular weight excluding hydrogens is 310 g/mol. The van der Waals surface area contributed by atoms with Gasteiger partial charge in [-0.25, -0.2) is 0 Å². The maximum absolute atomic E-state index is 10.9. The first kappa shape index (κ1) is 17.3. The average Bonchev–Trinajstić information content (AvgIpc) is 2.51. The highest BCUT2D eigenvalue weighted by Crippen LogP contribution is 2.34. The minimum Gasteiger partial charge on any atom is -0.506 e. The number of phenols is 1. The summed E-state index contributed by atoms with van der Waals surface area (Å²) in [5.41, 5.74) is 0.658. The van der Waals surface area contributed by atoms with Crippen molar-refractivity contribution in [2.24, 2.45) is 0 Å². The van der Waals surface area contributed by atoms with Gasteiger partial charge in [-0.2, -0.15) is 0 Å². The number of nitrogens with zero attached hydrogens (tertiary/aromatic N) is 1. The van der Waals surface area contributed by atoms with E-state index in [4.69, 9.17) is 11.6 Å². The predicted molar refractivity (Wildman–Crippen MR) is 99.1 cm³/mol. The molecule has 0 aliphatic heterocycles. The summed E-state index contributed by atoms with van der Waals surface area (Å²) in [5.74, 6) is 0.377. The maximum atomic E-state index is 10.9. The van der Waals surface area contributed by atoms with E-state index in [0.29, 0.717) is 11.3 Å². The largest absolute Gasteiger partial charge is 0.506 e. The fourth-order valence-electron chi connectivity index (χ4n) is 3.81. The van der Waals surface area contributed by atoms with E-state index in [-0.39, 0.29) is 0 Å². The van der Waals surface area contributed by atoms with Crippen molar-refractivity contribution in [1.29, 1.82) is 0 Å². The fraction of sp³-hybridized carbons (Fsp3) is 0.500. The van der Waals surface area contributed by atoms with Crippen LogP contribution in [0.3, 0.4) is 0 Å².